The standard InChI is InChI=1S/C8H10N2/c1-7-3-6-10-8(7)4-5-9-2/h3-6,10H,1H2,2H3/b8-4+,9-5?. The second-order valence-corrected chi connectivity index (χ2v) is 1.99. The van der Waals surface area contributed by atoms with E-state index in [9.17, 15) is 0 Å². The van der Waals surface area contributed by atoms with Crippen molar-refractivity contribution in [2.45, 2.75) is 0 Å². The molecule has 1 aromatic rings. The van der Waals surface area contributed by atoms with E-state index >= 15 is 0 Å². The molecule has 2 nitrogen and oxygen atoms in total. The average molecular weight is 134 g/mol. The van der Waals surface area contributed by atoms with Crippen molar-refractivity contribution in [3.05, 3.63) is 22.8 Å². The van der Waals surface area contributed by atoms with Crippen LogP contribution in [0.5, 0.6) is 0 Å². The van der Waals surface area contributed by atoms with E-state index in [0.29, 0.717) is 0 Å². The Bertz CT molecular complexity index is 319. The van der Waals surface area contributed by atoms with E-state index in [1.807, 2.05) is 18.3 Å². The number of nitrogens with zero attached hydrogens (tertiary/aromatic N) is 1. The monoisotopic (exact) mass is 134 g/mol. The van der Waals surface area contributed by atoms with Gasteiger partial charge in [0.25, 0.3) is 0 Å². The molecule has 1 rings (SSSR count). The first-order valence-electron chi connectivity index (χ1n) is 3.09. The topological polar surface area (TPSA) is 28.1 Å². The molecule has 0 saturated heterocycles. The van der Waals surface area contributed by atoms with Gasteiger partial charge in [-0.3, -0.25) is 4.99 Å². The molecular formula is C8H10N2. The lowest BCUT2D eigenvalue weighted by atomic mass is 10.4. The fourth-order valence-electron chi connectivity index (χ4n) is 0.719. The number of aromatic nitrogens is 1. The number of H-pyrrole nitrogens is 1. The smallest absolute Gasteiger partial charge is 0.0463 e. The van der Waals surface area contributed by atoms with Crippen molar-refractivity contribution in [3.8, 4) is 0 Å². The van der Waals surface area contributed by atoms with Gasteiger partial charge in [0, 0.05) is 24.8 Å². The minimum absolute atomic E-state index is 1.000. The van der Waals surface area contributed by atoms with E-state index in [1.54, 1.807) is 13.3 Å². The number of aromatic amines is 1. The summed E-state index contributed by atoms with van der Waals surface area (Å²) < 4.78 is 0. The summed E-state index contributed by atoms with van der Waals surface area (Å²) in [5.74, 6) is 0. The third-order valence-corrected chi connectivity index (χ3v) is 1.26. The lowest BCUT2D eigenvalue weighted by Crippen LogP contribution is -2.20. The number of hydrogen-bond donors (Lipinski definition) is 1. The van der Waals surface area contributed by atoms with Crippen LogP contribution in [0.2, 0.25) is 0 Å². The van der Waals surface area contributed by atoms with Gasteiger partial charge in [-0.05, 0) is 17.4 Å². The van der Waals surface area contributed by atoms with Crippen LogP contribution in [0, 0.1) is 0 Å². The highest BCUT2D eigenvalue weighted by Gasteiger charge is 1.77. The number of hydrogen-bond acceptors (Lipinski definition) is 1. The Morgan fingerprint density at radius 2 is 2.50 bits per heavy atom. The van der Waals surface area contributed by atoms with E-state index in [4.69, 9.17) is 0 Å². The normalized spacial score (nSPS) is 13.1. The van der Waals surface area contributed by atoms with E-state index in [2.05, 4.69) is 16.6 Å². The Labute approximate surface area is 59.6 Å². The summed E-state index contributed by atoms with van der Waals surface area (Å²) in [6, 6.07) is 1.93. The molecule has 0 aromatic carbocycles. The predicted molar refractivity (Wildman–Crippen MR) is 44.4 cm³/mol. The lowest BCUT2D eigenvalue weighted by Gasteiger charge is -1.73. The van der Waals surface area contributed by atoms with Crippen LogP contribution in [-0.4, -0.2) is 18.2 Å². The molecule has 0 amide bonds. The Morgan fingerprint density at radius 3 is 3.00 bits per heavy atom. The molecule has 0 atom stereocenters. The molecule has 0 unspecified atom stereocenters. The summed E-state index contributed by atoms with van der Waals surface area (Å²) in [6.07, 6.45) is 5.49. The zero-order valence-electron chi connectivity index (χ0n) is 5.96. The maximum atomic E-state index is 3.82. The van der Waals surface area contributed by atoms with E-state index in [-0.39, 0.29) is 0 Å². The van der Waals surface area contributed by atoms with Crippen molar-refractivity contribution in [2.75, 3.05) is 7.05 Å². The molecule has 2 heteroatoms. The number of rotatable bonds is 1. The molecule has 0 spiro atoms. The Balaban J connectivity index is 3.16. The Hall–Kier alpha value is -1.31. The molecule has 52 valence electrons. The van der Waals surface area contributed by atoms with E-state index < -0.39 is 0 Å². The largest absolute Gasteiger partial charge is 0.361 e. The molecule has 0 aliphatic rings. The van der Waals surface area contributed by atoms with Crippen molar-refractivity contribution < 1.29 is 0 Å². The van der Waals surface area contributed by atoms with Gasteiger partial charge in [-0.2, -0.15) is 0 Å². The van der Waals surface area contributed by atoms with Crippen LogP contribution in [0.4, 0.5) is 0 Å². The lowest BCUT2D eigenvalue weighted by molar-refractivity contribution is 1.32. The molecule has 10 heavy (non-hydrogen) atoms. The SMILES string of the molecule is C=c1cc[nH]/c1=C/C=NC. The fraction of sp³-hybridized carbons (Fsp3) is 0.125. The van der Waals surface area contributed by atoms with E-state index in [0.717, 1.165) is 10.6 Å². The first-order valence-corrected chi connectivity index (χ1v) is 3.09. The zero-order chi connectivity index (χ0) is 7.40. The van der Waals surface area contributed by atoms with Crippen molar-refractivity contribution in [2.24, 2.45) is 4.99 Å². The van der Waals surface area contributed by atoms with Gasteiger partial charge in [-0.25, -0.2) is 0 Å². The second-order valence-electron chi connectivity index (χ2n) is 1.99. The van der Waals surface area contributed by atoms with Gasteiger partial charge in [-0.1, -0.05) is 6.58 Å². The van der Waals surface area contributed by atoms with Crippen LogP contribution in [0.1, 0.15) is 0 Å². The van der Waals surface area contributed by atoms with Gasteiger partial charge in [0.15, 0.2) is 0 Å². The highest BCUT2D eigenvalue weighted by Crippen LogP contribution is 1.60. The van der Waals surface area contributed by atoms with Crippen molar-refractivity contribution in [1.29, 1.82) is 0 Å². The van der Waals surface area contributed by atoms with Gasteiger partial charge < -0.3 is 4.98 Å². The molecule has 0 aliphatic heterocycles. The minimum Gasteiger partial charge on any atom is -0.361 e. The summed E-state index contributed by atoms with van der Waals surface area (Å²) in [5, 5.41) is 2.02. The highest BCUT2D eigenvalue weighted by atomic mass is 14.7. The van der Waals surface area contributed by atoms with Crippen LogP contribution in [-0.2, 0) is 0 Å². The fourth-order valence-corrected chi connectivity index (χ4v) is 0.719. The summed E-state index contributed by atoms with van der Waals surface area (Å²) in [7, 11) is 1.74. The molecule has 0 saturated carbocycles. The molecule has 1 aromatic heterocycles. The quantitative estimate of drug-likeness (QED) is 0.520. The van der Waals surface area contributed by atoms with Gasteiger partial charge >= 0.3 is 0 Å². The summed E-state index contributed by atoms with van der Waals surface area (Å²) in [5.41, 5.74) is 0. The van der Waals surface area contributed by atoms with Gasteiger partial charge in [-0.15, -0.1) is 0 Å². The van der Waals surface area contributed by atoms with Gasteiger partial charge in [0.2, 0.25) is 0 Å². The second kappa shape index (κ2) is 3.01. The first kappa shape index (κ1) is 6.81. The van der Waals surface area contributed by atoms with Crippen LogP contribution >= 0.6 is 0 Å². The Morgan fingerprint density at radius 1 is 1.70 bits per heavy atom. The van der Waals surface area contributed by atoms with Crippen molar-refractivity contribution >= 4 is 18.9 Å². The predicted octanol–water partition coefficient (Wildman–Crippen LogP) is -0.0939. The minimum atomic E-state index is 1.000. The van der Waals surface area contributed by atoms with Crippen LogP contribution in [0.15, 0.2) is 17.3 Å². The third-order valence-electron chi connectivity index (χ3n) is 1.26. The molecule has 1 N–H and O–H groups in total. The van der Waals surface area contributed by atoms with Crippen molar-refractivity contribution in [3.63, 3.8) is 0 Å². The van der Waals surface area contributed by atoms with Crippen LogP contribution in [0.3, 0.4) is 0 Å². The maximum Gasteiger partial charge on any atom is 0.0463 e. The maximum absolute atomic E-state index is 3.82. The molecule has 0 bridgehead atoms. The van der Waals surface area contributed by atoms with Gasteiger partial charge in [0.1, 0.15) is 0 Å². The van der Waals surface area contributed by atoms with Crippen LogP contribution < -0.4 is 10.6 Å². The van der Waals surface area contributed by atoms with Crippen molar-refractivity contribution in [1.82, 2.24) is 4.98 Å². The Kier molecular flexibility index (Phi) is 2.05. The van der Waals surface area contributed by atoms with E-state index in [1.165, 1.54) is 0 Å². The highest BCUT2D eigenvalue weighted by molar-refractivity contribution is 5.90. The zero-order valence-corrected chi connectivity index (χ0v) is 5.96. The number of aliphatic imine (C=N–C) groups is 1. The molecule has 1 heterocycles. The molecule has 0 aliphatic carbocycles. The summed E-state index contributed by atoms with van der Waals surface area (Å²) >= 11 is 0. The summed E-state index contributed by atoms with van der Waals surface area (Å²) in [6.45, 7) is 3.81. The molecule has 0 fully saturated rings. The molecule has 0 radical (unpaired) electrons. The molecular weight excluding hydrogens is 124 g/mol. The van der Waals surface area contributed by atoms with Crippen LogP contribution in [0.25, 0.3) is 12.7 Å². The third kappa shape index (κ3) is 1.35. The number of nitrogens with one attached hydrogen (secondary N) is 1. The summed E-state index contributed by atoms with van der Waals surface area (Å²) in [4.78, 5) is 6.85. The average Bonchev–Trinajstić information content (AvgIpc) is 2.31. The first-order chi connectivity index (χ1) is 4.84. The van der Waals surface area contributed by atoms with Gasteiger partial charge in [0.05, 0.1) is 0 Å².